The van der Waals surface area contributed by atoms with Gasteiger partial charge in [-0.2, -0.15) is 4.98 Å². The van der Waals surface area contributed by atoms with Crippen LogP contribution in [0.25, 0.3) is 11.2 Å². The van der Waals surface area contributed by atoms with E-state index in [9.17, 15) is 15.0 Å². The van der Waals surface area contributed by atoms with Crippen LogP contribution < -0.4 is 11.3 Å². The predicted octanol–water partition coefficient (Wildman–Crippen LogP) is -1.27. The number of aromatic nitrogens is 4. The summed E-state index contributed by atoms with van der Waals surface area (Å²) in [5.74, 6) is -0.00201. The summed E-state index contributed by atoms with van der Waals surface area (Å²) in [5, 5.41) is 18.7. The third kappa shape index (κ3) is 1.87. The van der Waals surface area contributed by atoms with Crippen molar-refractivity contribution in [2.45, 2.75) is 24.7 Å². The number of H-pyrrole nitrogens is 1. The van der Waals surface area contributed by atoms with Crippen molar-refractivity contribution in [3.8, 4) is 0 Å². The average molecular weight is 281 g/mol. The van der Waals surface area contributed by atoms with Gasteiger partial charge in [0.05, 0.1) is 19.5 Å². The molecule has 1 aliphatic rings. The molecule has 0 radical (unpaired) electrons. The topological polar surface area (TPSA) is 139 Å². The molecule has 0 aliphatic carbocycles. The number of nitrogens with one attached hydrogen (secondary N) is 1. The van der Waals surface area contributed by atoms with Crippen molar-refractivity contribution in [3.63, 3.8) is 0 Å². The van der Waals surface area contributed by atoms with Gasteiger partial charge in [0.25, 0.3) is 5.56 Å². The van der Waals surface area contributed by atoms with Crippen LogP contribution in [0.1, 0.15) is 19.1 Å². The summed E-state index contributed by atoms with van der Waals surface area (Å²) in [6, 6.07) is 0. The first-order valence-electron chi connectivity index (χ1n) is 6.20. The Labute approximate surface area is 113 Å². The maximum atomic E-state index is 11.7. The van der Waals surface area contributed by atoms with Crippen LogP contribution in [0.15, 0.2) is 11.1 Å². The van der Waals surface area contributed by atoms with Gasteiger partial charge >= 0.3 is 0 Å². The molecule has 0 amide bonds. The van der Waals surface area contributed by atoms with Crippen LogP contribution in [-0.2, 0) is 4.74 Å². The monoisotopic (exact) mass is 281 g/mol. The summed E-state index contributed by atoms with van der Waals surface area (Å²) < 4.78 is 7.30. The van der Waals surface area contributed by atoms with Gasteiger partial charge in [-0.15, -0.1) is 0 Å². The molecular weight excluding hydrogens is 266 g/mol. The summed E-state index contributed by atoms with van der Waals surface area (Å²) in [5.41, 5.74) is 4.64. The number of nitrogens with zero attached hydrogens (tertiary/aromatic N) is 3. The normalized spacial score (nSPS) is 21.6. The lowest BCUT2D eigenvalue weighted by Gasteiger charge is -2.24. The van der Waals surface area contributed by atoms with Crippen LogP contribution in [0.2, 0.25) is 0 Å². The minimum atomic E-state index is -0.964. The maximum Gasteiger partial charge on any atom is 0.280 e. The third-order valence-electron chi connectivity index (χ3n) is 3.57. The summed E-state index contributed by atoms with van der Waals surface area (Å²) in [4.78, 5) is 22.1. The Balaban J connectivity index is 2.02. The molecule has 0 aromatic carbocycles. The first kappa shape index (κ1) is 13.0. The van der Waals surface area contributed by atoms with E-state index in [1.807, 2.05) is 0 Å². The Morgan fingerprint density at radius 3 is 2.95 bits per heavy atom. The van der Waals surface area contributed by atoms with E-state index in [4.69, 9.17) is 10.5 Å². The average Bonchev–Trinajstić information content (AvgIpc) is 3.02. The Morgan fingerprint density at radius 1 is 1.55 bits per heavy atom. The van der Waals surface area contributed by atoms with Crippen molar-refractivity contribution in [3.05, 3.63) is 16.7 Å². The highest BCUT2D eigenvalue weighted by Gasteiger charge is 2.40. The Bertz CT molecular complexity index is 690. The zero-order valence-electron chi connectivity index (χ0n) is 10.6. The minimum absolute atomic E-state index is 0.00201. The van der Waals surface area contributed by atoms with Crippen molar-refractivity contribution in [2.24, 2.45) is 0 Å². The number of aliphatic hydroxyl groups excluding tert-OH is 2. The number of imidazole rings is 1. The van der Waals surface area contributed by atoms with E-state index in [0.29, 0.717) is 18.5 Å². The largest absolute Gasteiger partial charge is 0.393 e. The molecule has 9 heteroatoms. The Morgan fingerprint density at radius 2 is 2.30 bits per heavy atom. The van der Waals surface area contributed by atoms with Crippen LogP contribution in [0.5, 0.6) is 0 Å². The number of nitrogen functional groups attached to an aromatic ring is 1. The van der Waals surface area contributed by atoms with Crippen LogP contribution in [0, 0.1) is 0 Å². The fraction of sp³-hybridized carbons (Fsp3) is 0.545. The molecule has 3 rings (SSSR count). The van der Waals surface area contributed by atoms with E-state index in [2.05, 4.69) is 15.0 Å². The highest BCUT2D eigenvalue weighted by Crippen LogP contribution is 2.36. The number of anilines is 1. The third-order valence-corrected chi connectivity index (χ3v) is 3.57. The molecule has 0 bridgehead atoms. The number of ether oxygens (including phenoxy) is 1. The van der Waals surface area contributed by atoms with E-state index >= 15 is 0 Å². The number of fused-ring (bicyclic) bond motifs is 1. The zero-order valence-corrected chi connectivity index (χ0v) is 10.6. The first-order chi connectivity index (χ1) is 9.58. The van der Waals surface area contributed by atoms with Crippen molar-refractivity contribution in [1.82, 2.24) is 19.5 Å². The fourth-order valence-electron chi connectivity index (χ4n) is 2.43. The van der Waals surface area contributed by atoms with Gasteiger partial charge in [0, 0.05) is 0 Å². The van der Waals surface area contributed by atoms with Gasteiger partial charge in [-0.1, -0.05) is 0 Å². The van der Waals surface area contributed by atoms with E-state index in [1.54, 1.807) is 4.57 Å². The molecule has 2 aromatic heterocycles. The van der Waals surface area contributed by atoms with Gasteiger partial charge in [-0.3, -0.25) is 14.3 Å². The predicted molar refractivity (Wildman–Crippen MR) is 68.8 cm³/mol. The highest BCUT2D eigenvalue weighted by molar-refractivity contribution is 5.70. The second-order valence-corrected chi connectivity index (χ2v) is 4.89. The lowest BCUT2D eigenvalue weighted by atomic mass is 10.0. The molecule has 0 unspecified atom stereocenters. The first-order valence-corrected chi connectivity index (χ1v) is 6.20. The molecule has 9 nitrogen and oxygen atoms in total. The number of rotatable bonds is 3. The molecule has 5 N–H and O–H groups in total. The van der Waals surface area contributed by atoms with E-state index in [0.717, 1.165) is 0 Å². The molecule has 1 aliphatic heterocycles. The van der Waals surface area contributed by atoms with Gasteiger partial charge < -0.3 is 20.7 Å². The van der Waals surface area contributed by atoms with Crippen LogP contribution in [0.3, 0.4) is 0 Å². The van der Waals surface area contributed by atoms with Crippen molar-refractivity contribution >= 4 is 17.1 Å². The summed E-state index contributed by atoms with van der Waals surface area (Å²) in [7, 11) is 0. The highest BCUT2D eigenvalue weighted by atomic mass is 16.5. The number of nitrogens with two attached hydrogens (primary N) is 1. The lowest BCUT2D eigenvalue weighted by molar-refractivity contribution is -0.120. The number of hydrogen-bond donors (Lipinski definition) is 4. The van der Waals surface area contributed by atoms with E-state index in [-0.39, 0.29) is 24.7 Å². The molecule has 3 heterocycles. The molecule has 1 atom stereocenters. The maximum absolute atomic E-state index is 11.7. The SMILES string of the molecule is Nc1nc2c(ncn2[C@H]2CCC(CO)(CO)O2)c(=O)[nH]1. The molecule has 20 heavy (non-hydrogen) atoms. The van der Waals surface area contributed by atoms with E-state index < -0.39 is 17.4 Å². The quantitative estimate of drug-likeness (QED) is 0.550. The van der Waals surface area contributed by atoms with E-state index in [1.165, 1.54) is 6.33 Å². The van der Waals surface area contributed by atoms with Crippen molar-refractivity contribution < 1.29 is 14.9 Å². The van der Waals surface area contributed by atoms with Crippen molar-refractivity contribution in [1.29, 1.82) is 0 Å². The van der Waals surface area contributed by atoms with Gasteiger partial charge in [0.15, 0.2) is 11.2 Å². The van der Waals surface area contributed by atoms with Crippen LogP contribution in [-0.4, -0.2) is 48.5 Å². The molecule has 0 spiro atoms. The number of aliphatic hydroxyl groups is 2. The number of aromatic amines is 1. The lowest BCUT2D eigenvalue weighted by Crippen LogP contribution is -2.37. The van der Waals surface area contributed by atoms with Crippen LogP contribution >= 0.6 is 0 Å². The molecular formula is C11H15N5O4. The standard InChI is InChI=1S/C11H15N5O4/c12-10-14-8-7(9(19)15-10)13-5-16(8)6-1-2-11(3-17,4-18)20-6/h5-6,17-18H,1-4H2,(H3,12,14,15,19)/t6-/m1/s1. The van der Waals surface area contributed by atoms with Gasteiger partial charge in [-0.05, 0) is 12.8 Å². The second-order valence-electron chi connectivity index (χ2n) is 4.89. The summed E-state index contributed by atoms with van der Waals surface area (Å²) in [6.45, 7) is -0.550. The molecule has 2 aromatic rings. The smallest absolute Gasteiger partial charge is 0.280 e. The second kappa shape index (κ2) is 4.54. The number of hydrogen-bond acceptors (Lipinski definition) is 7. The summed E-state index contributed by atoms with van der Waals surface area (Å²) >= 11 is 0. The Hall–Kier alpha value is -1.97. The molecule has 1 fully saturated rings. The van der Waals surface area contributed by atoms with Gasteiger partial charge in [-0.25, -0.2) is 4.98 Å². The zero-order chi connectivity index (χ0) is 14.3. The Kier molecular flexibility index (Phi) is 2.96. The van der Waals surface area contributed by atoms with Crippen LogP contribution in [0.4, 0.5) is 5.95 Å². The van der Waals surface area contributed by atoms with Gasteiger partial charge in [0.1, 0.15) is 11.8 Å². The van der Waals surface area contributed by atoms with Gasteiger partial charge in [0.2, 0.25) is 5.95 Å². The molecule has 108 valence electrons. The minimum Gasteiger partial charge on any atom is -0.393 e. The fourth-order valence-corrected chi connectivity index (χ4v) is 2.43. The van der Waals surface area contributed by atoms with Crippen molar-refractivity contribution in [2.75, 3.05) is 18.9 Å². The molecule has 0 saturated carbocycles. The molecule has 1 saturated heterocycles. The summed E-state index contributed by atoms with van der Waals surface area (Å²) in [6.07, 6.45) is 2.07.